The van der Waals surface area contributed by atoms with Crippen molar-refractivity contribution in [1.29, 1.82) is 0 Å². The number of hydrogen-bond donors (Lipinski definition) is 3. The van der Waals surface area contributed by atoms with Crippen LogP contribution in [-0.4, -0.2) is 58.8 Å². The summed E-state index contributed by atoms with van der Waals surface area (Å²) < 4.78 is 1.94. The van der Waals surface area contributed by atoms with Crippen molar-refractivity contribution in [2.24, 2.45) is 12.0 Å². The van der Waals surface area contributed by atoms with E-state index in [0.717, 1.165) is 48.3 Å². The van der Waals surface area contributed by atoms with Crippen molar-refractivity contribution in [1.82, 2.24) is 30.7 Å². The summed E-state index contributed by atoms with van der Waals surface area (Å²) in [5, 5.41) is 17.7. The van der Waals surface area contributed by atoms with Crippen LogP contribution in [0, 0.1) is 6.92 Å². The molecule has 1 heterocycles. The lowest BCUT2D eigenvalue weighted by Crippen LogP contribution is -2.39. The maximum Gasteiger partial charge on any atom is 0.251 e. The Morgan fingerprint density at radius 2 is 2.03 bits per heavy atom. The second-order valence-corrected chi connectivity index (χ2v) is 7.60. The van der Waals surface area contributed by atoms with Crippen molar-refractivity contribution in [3.05, 3.63) is 47.0 Å². The van der Waals surface area contributed by atoms with Gasteiger partial charge in [0, 0.05) is 32.7 Å². The summed E-state index contributed by atoms with van der Waals surface area (Å²) in [5.74, 6) is 3.49. The molecule has 0 unspecified atom stereocenters. The van der Waals surface area contributed by atoms with Gasteiger partial charge in [-0.1, -0.05) is 12.1 Å². The minimum Gasteiger partial charge on any atom is -0.356 e. The topological polar surface area (TPSA) is 96.2 Å². The number of rotatable bonds is 10. The summed E-state index contributed by atoms with van der Waals surface area (Å²) in [6.07, 6.45) is 3.97. The third kappa shape index (κ3) is 7.41. The van der Waals surface area contributed by atoms with Crippen LogP contribution in [0.1, 0.15) is 34.0 Å². The molecule has 0 saturated heterocycles. The van der Waals surface area contributed by atoms with E-state index in [9.17, 15) is 4.79 Å². The number of nitrogens with one attached hydrogen (secondary N) is 3. The van der Waals surface area contributed by atoms with Crippen LogP contribution < -0.4 is 16.0 Å². The van der Waals surface area contributed by atoms with Crippen LogP contribution in [0.2, 0.25) is 0 Å². The number of carbonyl (C=O) groups excluding carboxylic acids is 1. The van der Waals surface area contributed by atoms with Gasteiger partial charge in [-0.2, -0.15) is 11.8 Å². The standard InChI is InChI=1S/C20H31N7OS/c1-15-25-26-18(27(15)3)14-24-20(22-10-6-12-29-4)23-11-9-16-7-5-8-17(13-16)19(28)21-2/h5,7-8,13H,6,9-12,14H2,1-4H3,(H,21,28)(H2,22,23,24). The zero-order chi connectivity index (χ0) is 21.1. The van der Waals surface area contributed by atoms with E-state index in [1.807, 2.05) is 54.6 Å². The van der Waals surface area contributed by atoms with Gasteiger partial charge in [-0.3, -0.25) is 4.79 Å². The second kappa shape index (κ2) is 12.1. The number of carbonyl (C=O) groups is 1. The summed E-state index contributed by atoms with van der Waals surface area (Å²) >= 11 is 1.83. The molecule has 0 radical (unpaired) electrons. The number of aryl methyl sites for hydroxylation is 1. The Morgan fingerprint density at radius 1 is 1.24 bits per heavy atom. The quantitative estimate of drug-likeness (QED) is 0.308. The zero-order valence-corrected chi connectivity index (χ0v) is 18.5. The molecule has 0 saturated carbocycles. The average Bonchev–Trinajstić information content (AvgIpc) is 3.06. The first-order valence-electron chi connectivity index (χ1n) is 9.72. The largest absolute Gasteiger partial charge is 0.356 e. The van der Waals surface area contributed by atoms with Gasteiger partial charge in [-0.05, 0) is 49.5 Å². The molecule has 0 aliphatic carbocycles. The van der Waals surface area contributed by atoms with Crippen molar-refractivity contribution in [3.8, 4) is 0 Å². The highest BCUT2D eigenvalue weighted by molar-refractivity contribution is 7.98. The molecule has 3 N–H and O–H groups in total. The van der Waals surface area contributed by atoms with Crippen LogP contribution in [-0.2, 0) is 20.0 Å². The van der Waals surface area contributed by atoms with E-state index in [2.05, 4.69) is 37.4 Å². The average molecular weight is 418 g/mol. The summed E-state index contributed by atoms with van der Waals surface area (Å²) in [4.78, 5) is 16.5. The van der Waals surface area contributed by atoms with Crippen LogP contribution in [0.4, 0.5) is 0 Å². The van der Waals surface area contributed by atoms with Gasteiger partial charge in [0.25, 0.3) is 5.91 Å². The van der Waals surface area contributed by atoms with Crippen LogP contribution >= 0.6 is 11.8 Å². The third-order valence-corrected chi connectivity index (χ3v) is 5.20. The number of thioether (sulfide) groups is 1. The number of hydrogen-bond acceptors (Lipinski definition) is 5. The molecule has 158 valence electrons. The van der Waals surface area contributed by atoms with E-state index >= 15 is 0 Å². The monoisotopic (exact) mass is 417 g/mol. The predicted octanol–water partition coefficient (Wildman–Crippen LogP) is 1.51. The Labute approximate surface area is 177 Å². The number of guanidine groups is 1. The molecular formula is C20H31N7OS. The van der Waals surface area contributed by atoms with Crippen molar-refractivity contribution in [2.45, 2.75) is 26.3 Å². The Kier molecular flexibility index (Phi) is 9.49. The molecule has 29 heavy (non-hydrogen) atoms. The van der Waals surface area contributed by atoms with E-state index in [1.54, 1.807) is 7.05 Å². The fraction of sp³-hybridized carbons (Fsp3) is 0.500. The minimum absolute atomic E-state index is 0.0727. The van der Waals surface area contributed by atoms with E-state index < -0.39 is 0 Å². The fourth-order valence-electron chi connectivity index (χ4n) is 2.67. The molecule has 0 bridgehead atoms. The lowest BCUT2D eigenvalue weighted by Gasteiger charge is -2.13. The molecule has 0 fully saturated rings. The number of benzene rings is 1. The van der Waals surface area contributed by atoms with Gasteiger partial charge in [-0.15, -0.1) is 10.2 Å². The first-order valence-corrected chi connectivity index (χ1v) is 11.1. The van der Waals surface area contributed by atoms with Crippen molar-refractivity contribution < 1.29 is 4.79 Å². The van der Waals surface area contributed by atoms with Gasteiger partial charge < -0.3 is 20.5 Å². The van der Waals surface area contributed by atoms with Gasteiger partial charge in [0.15, 0.2) is 11.8 Å². The molecule has 0 aliphatic rings. The van der Waals surface area contributed by atoms with E-state index in [0.29, 0.717) is 18.7 Å². The van der Waals surface area contributed by atoms with Crippen molar-refractivity contribution >= 4 is 23.6 Å². The molecule has 8 nitrogen and oxygen atoms in total. The Hall–Kier alpha value is -2.55. The Bertz CT molecular complexity index is 819. The molecule has 9 heteroatoms. The molecule has 1 aromatic heterocycles. The number of nitrogens with zero attached hydrogens (tertiary/aromatic N) is 4. The molecule has 2 rings (SSSR count). The lowest BCUT2D eigenvalue weighted by molar-refractivity contribution is 0.0963. The predicted molar refractivity (Wildman–Crippen MR) is 119 cm³/mol. The van der Waals surface area contributed by atoms with Crippen molar-refractivity contribution in [3.63, 3.8) is 0 Å². The second-order valence-electron chi connectivity index (χ2n) is 6.62. The molecule has 1 aromatic carbocycles. The summed E-state index contributed by atoms with van der Waals surface area (Å²) in [5.41, 5.74) is 1.77. The van der Waals surface area contributed by atoms with Crippen molar-refractivity contribution in [2.75, 3.05) is 32.1 Å². The minimum atomic E-state index is -0.0727. The first kappa shape index (κ1) is 22.7. The van der Waals surface area contributed by atoms with Gasteiger partial charge in [0.1, 0.15) is 12.4 Å². The normalized spacial score (nSPS) is 11.4. The van der Waals surface area contributed by atoms with E-state index in [-0.39, 0.29) is 5.91 Å². The fourth-order valence-corrected chi connectivity index (χ4v) is 3.11. The van der Waals surface area contributed by atoms with Crippen LogP contribution in [0.15, 0.2) is 29.3 Å². The number of aliphatic imine (C=N–C) groups is 1. The molecule has 0 atom stereocenters. The highest BCUT2D eigenvalue weighted by Gasteiger charge is 2.06. The van der Waals surface area contributed by atoms with Crippen LogP contribution in [0.5, 0.6) is 0 Å². The Morgan fingerprint density at radius 3 is 2.72 bits per heavy atom. The lowest BCUT2D eigenvalue weighted by atomic mass is 10.1. The highest BCUT2D eigenvalue weighted by Crippen LogP contribution is 2.06. The third-order valence-electron chi connectivity index (χ3n) is 4.50. The summed E-state index contributed by atoms with van der Waals surface area (Å²) in [7, 11) is 3.58. The molecule has 2 aromatic rings. The van der Waals surface area contributed by atoms with E-state index in [1.165, 1.54) is 0 Å². The first-order chi connectivity index (χ1) is 14.0. The van der Waals surface area contributed by atoms with E-state index in [4.69, 9.17) is 0 Å². The molecule has 0 spiro atoms. The highest BCUT2D eigenvalue weighted by atomic mass is 32.2. The molecular weight excluding hydrogens is 386 g/mol. The Balaban J connectivity index is 1.95. The van der Waals surface area contributed by atoms with Crippen LogP contribution in [0.3, 0.4) is 0 Å². The maximum atomic E-state index is 11.8. The smallest absolute Gasteiger partial charge is 0.251 e. The number of amides is 1. The van der Waals surface area contributed by atoms with Gasteiger partial charge in [0.05, 0.1) is 0 Å². The number of aromatic nitrogens is 3. The van der Waals surface area contributed by atoms with Gasteiger partial charge in [-0.25, -0.2) is 4.99 Å². The maximum absolute atomic E-state index is 11.8. The summed E-state index contributed by atoms with van der Waals surface area (Å²) in [6.45, 7) is 3.95. The summed E-state index contributed by atoms with van der Waals surface area (Å²) in [6, 6.07) is 7.68. The zero-order valence-electron chi connectivity index (χ0n) is 17.7. The SMILES string of the molecule is CNC(=O)c1cccc(CCNC(=NCc2nnc(C)n2C)NCCCSC)c1. The van der Waals surface area contributed by atoms with Gasteiger partial charge in [0.2, 0.25) is 0 Å². The molecule has 1 amide bonds. The van der Waals surface area contributed by atoms with Gasteiger partial charge >= 0.3 is 0 Å². The molecule has 0 aliphatic heterocycles. The van der Waals surface area contributed by atoms with Crippen LogP contribution in [0.25, 0.3) is 0 Å².